The molecule has 0 aromatic heterocycles. The highest BCUT2D eigenvalue weighted by Gasteiger charge is 2.40. The number of hydrogen-bond donors (Lipinski definition) is 1. The van der Waals surface area contributed by atoms with Gasteiger partial charge in [-0.15, -0.1) is 0 Å². The van der Waals surface area contributed by atoms with Gasteiger partial charge in [0.25, 0.3) is 0 Å². The Morgan fingerprint density at radius 3 is 2.67 bits per heavy atom. The predicted molar refractivity (Wildman–Crippen MR) is 65.1 cm³/mol. The molecule has 0 spiro atoms. The zero-order valence-corrected chi connectivity index (χ0v) is 10.4. The van der Waals surface area contributed by atoms with Crippen LogP contribution in [0.15, 0.2) is 24.3 Å². The number of halogens is 3. The van der Waals surface area contributed by atoms with E-state index in [0.717, 1.165) is 0 Å². The molecule has 0 saturated heterocycles. The minimum Gasteiger partial charge on any atom is -0.313 e. The van der Waals surface area contributed by atoms with E-state index in [1.807, 2.05) is 0 Å². The highest BCUT2D eigenvalue weighted by atomic mass is 19.3. The monoisotopic (exact) mass is 257 g/mol. The molecule has 2 unspecified atom stereocenters. The molecule has 1 aliphatic carbocycles. The Morgan fingerprint density at radius 1 is 1.39 bits per heavy atom. The Kier molecular flexibility index (Phi) is 3.95. The van der Waals surface area contributed by atoms with Crippen LogP contribution in [0, 0.1) is 11.7 Å². The molecule has 0 amide bonds. The fourth-order valence-corrected chi connectivity index (χ4v) is 2.73. The van der Waals surface area contributed by atoms with E-state index in [1.165, 1.54) is 6.07 Å². The summed E-state index contributed by atoms with van der Waals surface area (Å²) in [5.74, 6) is -2.84. The molecule has 1 aliphatic rings. The Balaban J connectivity index is 2.05. The zero-order chi connectivity index (χ0) is 13.2. The maximum atomic E-state index is 13.7. The smallest absolute Gasteiger partial charge is 0.248 e. The molecule has 1 N–H and O–H groups in total. The van der Waals surface area contributed by atoms with E-state index in [4.69, 9.17) is 0 Å². The van der Waals surface area contributed by atoms with E-state index >= 15 is 0 Å². The van der Waals surface area contributed by atoms with Crippen LogP contribution < -0.4 is 5.32 Å². The molecule has 1 saturated carbocycles. The third kappa shape index (κ3) is 3.05. The van der Waals surface area contributed by atoms with Crippen molar-refractivity contribution >= 4 is 0 Å². The van der Waals surface area contributed by atoms with Crippen molar-refractivity contribution in [3.63, 3.8) is 0 Å². The zero-order valence-electron chi connectivity index (χ0n) is 10.4. The number of benzene rings is 1. The lowest BCUT2D eigenvalue weighted by Gasteiger charge is -2.21. The van der Waals surface area contributed by atoms with Crippen LogP contribution in [0.2, 0.25) is 0 Å². The molecule has 100 valence electrons. The van der Waals surface area contributed by atoms with E-state index in [0.29, 0.717) is 18.4 Å². The third-order valence-electron chi connectivity index (χ3n) is 3.70. The summed E-state index contributed by atoms with van der Waals surface area (Å²) < 4.78 is 39.9. The van der Waals surface area contributed by atoms with Gasteiger partial charge in [0.2, 0.25) is 5.92 Å². The minimum absolute atomic E-state index is 0.0305. The maximum absolute atomic E-state index is 13.7. The molecule has 0 bridgehead atoms. The van der Waals surface area contributed by atoms with E-state index in [1.54, 1.807) is 25.2 Å². The first kappa shape index (κ1) is 13.4. The molecule has 1 nitrogen and oxygen atoms in total. The molecule has 0 heterocycles. The highest BCUT2D eigenvalue weighted by molar-refractivity contribution is 5.21. The molecule has 18 heavy (non-hydrogen) atoms. The van der Waals surface area contributed by atoms with E-state index in [2.05, 4.69) is 5.32 Å². The predicted octanol–water partition coefficient (Wildman–Crippen LogP) is 3.91. The fraction of sp³-hybridized carbons (Fsp3) is 0.571. The molecule has 1 aromatic carbocycles. The van der Waals surface area contributed by atoms with Gasteiger partial charge in [-0.3, -0.25) is 0 Å². The standard InChI is InChI=1S/C14H18F3N/c1-18-13(11-4-2-3-5-12(11)15)8-10-6-7-14(16,17)9-10/h2-5,10,13,18H,6-9H2,1H3. The first-order valence-corrected chi connectivity index (χ1v) is 6.31. The van der Waals surface area contributed by atoms with E-state index in [9.17, 15) is 13.2 Å². The maximum Gasteiger partial charge on any atom is 0.248 e. The lowest BCUT2D eigenvalue weighted by molar-refractivity contribution is 0.00432. The molecule has 1 aromatic rings. The summed E-state index contributed by atoms with van der Waals surface area (Å²) >= 11 is 0. The van der Waals surface area contributed by atoms with Crippen molar-refractivity contribution in [2.45, 2.75) is 37.6 Å². The van der Waals surface area contributed by atoms with Gasteiger partial charge in [0.1, 0.15) is 5.82 Å². The van der Waals surface area contributed by atoms with E-state index < -0.39 is 5.92 Å². The van der Waals surface area contributed by atoms with Crippen molar-refractivity contribution in [3.8, 4) is 0 Å². The second kappa shape index (κ2) is 5.31. The van der Waals surface area contributed by atoms with Crippen molar-refractivity contribution in [2.24, 2.45) is 5.92 Å². The summed E-state index contributed by atoms with van der Waals surface area (Å²) in [4.78, 5) is 0. The number of alkyl halides is 2. The number of nitrogens with one attached hydrogen (secondary N) is 1. The van der Waals surface area contributed by atoms with Crippen LogP contribution in [0.25, 0.3) is 0 Å². The van der Waals surface area contributed by atoms with Gasteiger partial charge in [-0.1, -0.05) is 18.2 Å². The molecule has 2 rings (SSSR count). The van der Waals surface area contributed by atoms with Gasteiger partial charge in [-0.05, 0) is 31.9 Å². The molecular weight excluding hydrogens is 239 g/mol. The van der Waals surface area contributed by atoms with Crippen molar-refractivity contribution in [2.75, 3.05) is 7.05 Å². The molecule has 0 radical (unpaired) electrons. The van der Waals surface area contributed by atoms with Crippen molar-refractivity contribution < 1.29 is 13.2 Å². The number of hydrogen-bond acceptors (Lipinski definition) is 1. The SMILES string of the molecule is CNC(CC1CCC(F)(F)C1)c1ccccc1F. The summed E-state index contributed by atoms with van der Waals surface area (Å²) in [6.45, 7) is 0. The minimum atomic E-state index is -2.53. The lowest BCUT2D eigenvalue weighted by atomic mass is 9.93. The molecule has 4 heteroatoms. The Bertz CT molecular complexity index is 406. The van der Waals surface area contributed by atoms with Crippen LogP contribution in [0.1, 0.15) is 37.3 Å². The van der Waals surface area contributed by atoms with Crippen molar-refractivity contribution in [1.29, 1.82) is 0 Å². The van der Waals surface area contributed by atoms with Crippen molar-refractivity contribution in [1.82, 2.24) is 5.32 Å². The van der Waals surface area contributed by atoms with Gasteiger partial charge in [0.05, 0.1) is 0 Å². The van der Waals surface area contributed by atoms with Crippen LogP contribution in [0.5, 0.6) is 0 Å². The van der Waals surface area contributed by atoms with Gasteiger partial charge in [0, 0.05) is 24.4 Å². The first-order chi connectivity index (χ1) is 8.52. The van der Waals surface area contributed by atoms with Crippen LogP contribution >= 0.6 is 0 Å². The topological polar surface area (TPSA) is 12.0 Å². The van der Waals surface area contributed by atoms with Crippen LogP contribution in [0.4, 0.5) is 13.2 Å². The first-order valence-electron chi connectivity index (χ1n) is 6.31. The van der Waals surface area contributed by atoms with Gasteiger partial charge in [0.15, 0.2) is 0 Å². The summed E-state index contributed by atoms with van der Waals surface area (Å²) in [5.41, 5.74) is 0.565. The van der Waals surface area contributed by atoms with Crippen LogP contribution in [-0.2, 0) is 0 Å². The largest absolute Gasteiger partial charge is 0.313 e. The van der Waals surface area contributed by atoms with E-state index in [-0.39, 0.29) is 30.6 Å². The van der Waals surface area contributed by atoms with Crippen molar-refractivity contribution in [3.05, 3.63) is 35.6 Å². The molecule has 2 atom stereocenters. The van der Waals surface area contributed by atoms with Gasteiger partial charge < -0.3 is 5.32 Å². The average molecular weight is 257 g/mol. The lowest BCUT2D eigenvalue weighted by Crippen LogP contribution is -2.21. The fourth-order valence-electron chi connectivity index (χ4n) is 2.73. The highest BCUT2D eigenvalue weighted by Crippen LogP contribution is 2.42. The Morgan fingerprint density at radius 2 is 2.11 bits per heavy atom. The number of rotatable bonds is 4. The normalized spacial score (nSPS) is 24.1. The summed E-state index contributed by atoms with van der Waals surface area (Å²) in [5, 5.41) is 3.03. The Hall–Kier alpha value is -1.03. The molecule has 1 fully saturated rings. The second-order valence-corrected chi connectivity index (χ2v) is 5.06. The van der Waals surface area contributed by atoms with Crippen LogP contribution in [-0.4, -0.2) is 13.0 Å². The van der Waals surface area contributed by atoms with Crippen LogP contribution in [0.3, 0.4) is 0 Å². The summed E-state index contributed by atoms with van der Waals surface area (Å²) in [6.07, 6.45) is 0.984. The third-order valence-corrected chi connectivity index (χ3v) is 3.70. The summed E-state index contributed by atoms with van der Waals surface area (Å²) in [7, 11) is 1.74. The van der Waals surface area contributed by atoms with Gasteiger partial charge in [-0.25, -0.2) is 13.2 Å². The second-order valence-electron chi connectivity index (χ2n) is 5.06. The average Bonchev–Trinajstić information content (AvgIpc) is 2.67. The van der Waals surface area contributed by atoms with Gasteiger partial charge >= 0.3 is 0 Å². The Labute approximate surface area is 105 Å². The quantitative estimate of drug-likeness (QED) is 0.862. The summed E-state index contributed by atoms with van der Waals surface area (Å²) in [6, 6.07) is 6.33. The molecular formula is C14H18F3N. The van der Waals surface area contributed by atoms with Gasteiger partial charge in [-0.2, -0.15) is 0 Å². The molecule has 0 aliphatic heterocycles.